The molecule has 1 N–H and O–H groups in total. The molecule has 0 unspecified atom stereocenters. The average molecular weight is 370 g/mol. The third-order valence-electron chi connectivity index (χ3n) is 4.92. The van der Waals surface area contributed by atoms with E-state index in [2.05, 4.69) is 10.5 Å². The van der Waals surface area contributed by atoms with Crippen LogP contribution in [0.25, 0.3) is 11.3 Å². The van der Waals surface area contributed by atoms with Gasteiger partial charge in [-0.25, -0.2) is 4.79 Å². The highest BCUT2D eigenvalue weighted by molar-refractivity contribution is 5.98. The van der Waals surface area contributed by atoms with Crippen molar-refractivity contribution in [3.8, 4) is 11.3 Å². The monoisotopic (exact) mass is 370 g/mol. The fourth-order valence-electron chi connectivity index (χ4n) is 3.48. The number of ether oxygens (including phenoxy) is 1. The molecule has 0 bridgehead atoms. The number of aromatic nitrogens is 1. The summed E-state index contributed by atoms with van der Waals surface area (Å²) in [6.07, 6.45) is 7.95. The van der Waals surface area contributed by atoms with Crippen LogP contribution in [-0.2, 0) is 9.53 Å². The molecule has 1 aromatic carbocycles. The number of nitrogens with one attached hydrogen (secondary N) is 1. The van der Waals surface area contributed by atoms with Gasteiger partial charge in [-0.3, -0.25) is 4.79 Å². The van der Waals surface area contributed by atoms with Crippen molar-refractivity contribution in [3.05, 3.63) is 41.7 Å². The van der Waals surface area contributed by atoms with Crippen molar-refractivity contribution in [2.24, 2.45) is 0 Å². The van der Waals surface area contributed by atoms with E-state index in [4.69, 9.17) is 9.26 Å². The lowest BCUT2D eigenvalue weighted by Crippen LogP contribution is -2.38. The summed E-state index contributed by atoms with van der Waals surface area (Å²) in [6.45, 7) is 1.36. The second kappa shape index (κ2) is 9.35. The number of rotatable bonds is 5. The van der Waals surface area contributed by atoms with E-state index in [0.717, 1.165) is 31.2 Å². The van der Waals surface area contributed by atoms with Crippen LogP contribution in [0.5, 0.6) is 0 Å². The molecule has 2 aromatic rings. The zero-order chi connectivity index (χ0) is 19.1. The third-order valence-corrected chi connectivity index (χ3v) is 4.92. The van der Waals surface area contributed by atoms with Crippen LogP contribution in [0.1, 0.15) is 61.1 Å². The Morgan fingerprint density at radius 3 is 2.48 bits per heavy atom. The molecule has 27 heavy (non-hydrogen) atoms. The number of nitrogens with zero attached hydrogens (tertiary/aromatic N) is 1. The lowest BCUT2D eigenvalue weighted by Gasteiger charge is -2.20. The normalized spacial score (nSPS) is 15.6. The molecular weight excluding hydrogens is 344 g/mol. The molecule has 1 saturated carbocycles. The van der Waals surface area contributed by atoms with E-state index in [0.29, 0.717) is 11.5 Å². The maximum atomic E-state index is 12.5. The largest absolute Gasteiger partial charge is 0.452 e. The molecule has 6 nitrogen and oxygen atoms in total. The quantitative estimate of drug-likeness (QED) is 0.804. The van der Waals surface area contributed by atoms with Crippen molar-refractivity contribution in [2.75, 3.05) is 6.61 Å². The molecule has 3 rings (SSSR count). The number of hydrogen-bond acceptors (Lipinski definition) is 5. The minimum Gasteiger partial charge on any atom is -0.452 e. The van der Waals surface area contributed by atoms with Crippen molar-refractivity contribution in [2.45, 2.75) is 57.9 Å². The predicted octanol–water partition coefficient (Wildman–Crippen LogP) is 4.04. The molecule has 1 aromatic heterocycles. The van der Waals surface area contributed by atoms with Gasteiger partial charge in [-0.15, -0.1) is 0 Å². The summed E-state index contributed by atoms with van der Waals surface area (Å²) in [6, 6.07) is 9.46. The molecule has 0 saturated heterocycles. The molecule has 0 radical (unpaired) electrons. The van der Waals surface area contributed by atoms with Gasteiger partial charge >= 0.3 is 5.97 Å². The minimum atomic E-state index is -0.597. The molecule has 0 atom stereocenters. The first kappa shape index (κ1) is 19.1. The van der Waals surface area contributed by atoms with Gasteiger partial charge in [-0.1, -0.05) is 67.6 Å². The number of benzene rings is 1. The summed E-state index contributed by atoms with van der Waals surface area (Å²) in [5.74, 6) is -0.482. The third kappa shape index (κ3) is 5.18. The first-order chi connectivity index (χ1) is 13.1. The smallest absolute Gasteiger partial charge is 0.344 e. The summed E-state index contributed by atoms with van der Waals surface area (Å²) in [5, 5.41) is 6.96. The van der Waals surface area contributed by atoms with Crippen LogP contribution in [0.3, 0.4) is 0 Å². The molecular formula is C21H26N2O4. The van der Waals surface area contributed by atoms with Crippen LogP contribution in [0.2, 0.25) is 0 Å². The van der Waals surface area contributed by atoms with Crippen LogP contribution < -0.4 is 5.32 Å². The fourth-order valence-corrected chi connectivity index (χ4v) is 3.48. The maximum absolute atomic E-state index is 12.5. The van der Waals surface area contributed by atoms with Gasteiger partial charge in [-0.05, 0) is 19.8 Å². The highest BCUT2D eigenvalue weighted by Gasteiger charge is 2.24. The van der Waals surface area contributed by atoms with E-state index in [1.54, 1.807) is 6.92 Å². The molecule has 0 spiro atoms. The molecule has 1 aliphatic rings. The summed E-state index contributed by atoms with van der Waals surface area (Å²) in [4.78, 5) is 24.7. The number of carbonyl (C=O) groups is 2. The van der Waals surface area contributed by atoms with Crippen LogP contribution in [0, 0.1) is 6.92 Å². The number of carbonyl (C=O) groups excluding carboxylic acids is 2. The van der Waals surface area contributed by atoms with E-state index in [-0.39, 0.29) is 24.1 Å². The Bertz CT molecular complexity index is 762. The van der Waals surface area contributed by atoms with Crippen molar-refractivity contribution in [3.63, 3.8) is 0 Å². The summed E-state index contributed by atoms with van der Waals surface area (Å²) in [7, 11) is 0. The molecule has 144 valence electrons. The predicted molar refractivity (Wildman–Crippen MR) is 101 cm³/mol. The highest BCUT2D eigenvalue weighted by atomic mass is 16.5. The van der Waals surface area contributed by atoms with Gasteiger partial charge in [0, 0.05) is 11.6 Å². The number of aryl methyl sites for hydroxylation is 1. The summed E-state index contributed by atoms with van der Waals surface area (Å²) >= 11 is 0. The van der Waals surface area contributed by atoms with E-state index >= 15 is 0 Å². The first-order valence-corrected chi connectivity index (χ1v) is 9.63. The van der Waals surface area contributed by atoms with Gasteiger partial charge in [0.2, 0.25) is 0 Å². The van der Waals surface area contributed by atoms with Crippen molar-refractivity contribution in [1.82, 2.24) is 10.5 Å². The van der Waals surface area contributed by atoms with Crippen LogP contribution in [-0.4, -0.2) is 29.7 Å². The van der Waals surface area contributed by atoms with Gasteiger partial charge in [0.1, 0.15) is 17.0 Å². The average Bonchev–Trinajstić information content (AvgIpc) is 3.04. The topological polar surface area (TPSA) is 81.4 Å². The molecule has 1 fully saturated rings. The van der Waals surface area contributed by atoms with Crippen molar-refractivity contribution in [1.29, 1.82) is 0 Å². The maximum Gasteiger partial charge on any atom is 0.344 e. The molecule has 6 heteroatoms. The Morgan fingerprint density at radius 2 is 1.78 bits per heavy atom. The van der Waals surface area contributed by atoms with Gasteiger partial charge < -0.3 is 14.6 Å². The zero-order valence-corrected chi connectivity index (χ0v) is 15.7. The Balaban J connectivity index is 1.58. The fraction of sp³-hybridized carbons (Fsp3) is 0.476. The SMILES string of the molecule is Cc1onc(-c2ccccc2)c1C(=O)OCC(=O)NC1CCCCCCC1. The zero-order valence-electron chi connectivity index (χ0n) is 15.7. The van der Waals surface area contributed by atoms with Crippen molar-refractivity contribution < 1.29 is 18.8 Å². The van der Waals surface area contributed by atoms with E-state index in [1.807, 2.05) is 30.3 Å². The number of esters is 1. The van der Waals surface area contributed by atoms with Crippen LogP contribution >= 0.6 is 0 Å². The number of amides is 1. The second-order valence-corrected chi connectivity index (χ2v) is 7.01. The van der Waals surface area contributed by atoms with Gasteiger partial charge in [0.05, 0.1) is 0 Å². The number of hydrogen-bond donors (Lipinski definition) is 1. The second-order valence-electron chi connectivity index (χ2n) is 7.01. The van der Waals surface area contributed by atoms with Gasteiger partial charge in [0.25, 0.3) is 5.91 Å². The van der Waals surface area contributed by atoms with E-state index in [9.17, 15) is 9.59 Å². The standard InChI is InChI=1S/C21H26N2O4/c1-15-19(20(23-27-15)16-10-6-5-7-11-16)21(25)26-14-18(24)22-17-12-8-3-2-4-9-13-17/h5-7,10-11,17H,2-4,8-9,12-14H2,1H3,(H,22,24). The van der Waals surface area contributed by atoms with E-state index < -0.39 is 5.97 Å². The Hall–Kier alpha value is -2.63. The molecule has 0 aliphatic heterocycles. The molecule has 1 amide bonds. The van der Waals surface area contributed by atoms with Crippen LogP contribution in [0.4, 0.5) is 0 Å². The van der Waals surface area contributed by atoms with E-state index in [1.165, 1.54) is 19.3 Å². The summed E-state index contributed by atoms with van der Waals surface area (Å²) < 4.78 is 10.4. The highest BCUT2D eigenvalue weighted by Crippen LogP contribution is 2.25. The Labute approximate surface area is 159 Å². The van der Waals surface area contributed by atoms with Crippen molar-refractivity contribution >= 4 is 11.9 Å². The van der Waals surface area contributed by atoms with Gasteiger partial charge in [0.15, 0.2) is 6.61 Å². The summed E-state index contributed by atoms with van der Waals surface area (Å²) in [5.41, 5.74) is 1.46. The Kier molecular flexibility index (Phi) is 6.63. The van der Waals surface area contributed by atoms with Gasteiger partial charge in [-0.2, -0.15) is 0 Å². The van der Waals surface area contributed by atoms with Crippen LogP contribution in [0.15, 0.2) is 34.9 Å². The lowest BCUT2D eigenvalue weighted by molar-refractivity contribution is -0.125. The lowest BCUT2D eigenvalue weighted by atomic mass is 9.97. The Morgan fingerprint density at radius 1 is 1.11 bits per heavy atom. The first-order valence-electron chi connectivity index (χ1n) is 9.63. The molecule has 1 aliphatic carbocycles. The minimum absolute atomic E-state index is 0.175. The molecule has 1 heterocycles.